The molecule has 2 aromatic carbocycles. The molecule has 1 amide bonds. The average molecular weight is 413 g/mol. The van der Waals surface area contributed by atoms with Gasteiger partial charge in [0.15, 0.2) is 5.13 Å². The third-order valence-electron chi connectivity index (χ3n) is 3.75. The van der Waals surface area contributed by atoms with Gasteiger partial charge in [-0.3, -0.25) is 9.59 Å². The van der Waals surface area contributed by atoms with E-state index in [9.17, 15) is 9.59 Å². The summed E-state index contributed by atoms with van der Waals surface area (Å²) in [6.07, 6.45) is 0.0983. The predicted molar refractivity (Wildman–Crippen MR) is 113 cm³/mol. The number of benzene rings is 2. The van der Waals surface area contributed by atoms with Gasteiger partial charge in [0.1, 0.15) is 5.25 Å². The zero-order valence-electron chi connectivity index (χ0n) is 15.3. The van der Waals surface area contributed by atoms with Crippen molar-refractivity contribution < 1.29 is 14.3 Å². The molecule has 28 heavy (non-hydrogen) atoms. The Kier molecular flexibility index (Phi) is 7.22. The smallest absolute Gasteiger partial charge is 0.311 e. The normalized spacial score (nSPS) is 11.6. The molecule has 0 saturated carbocycles. The molecule has 0 fully saturated rings. The van der Waals surface area contributed by atoms with Crippen LogP contribution in [-0.4, -0.2) is 23.5 Å². The summed E-state index contributed by atoms with van der Waals surface area (Å²) >= 11 is 2.78. The number of rotatable bonds is 8. The number of hydrogen-bond acceptors (Lipinski definition) is 6. The van der Waals surface area contributed by atoms with Crippen LogP contribution in [0.25, 0.3) is 0 Å². The van der Waals surface area contributed by atoms with E-state index in [0.29, 0.717) is 17.4 Å². The molecule has 1 atom stereocenters. The van der Waals surface area contributed by atoms with E-state index in [-0.39, 0.29) is 18.3 Å². The molecular weight excluding hydrogens is 392 g/mol. The van der Waals surface area contributed by atoms with Crippen LogP contribution in [-0.2, 0) is 20.7 Å². The van der Waals surface area contributed by atoms with E-state index in [4.69, 9.17) is 4.74 Å². The molecule has 1 heterocycles. The lowest BCUT2D eigenvalue weighted by Crippen LogP contribution is -2.19. The Balaban J connectivity index is 1.73. The van der Waals surface area contributed by atoms with E-state index < -0.39 is 5.25 Å². The standard InChI is InChI=1S/C21H20N2O3S2/c1-2-26-18(24)13-16-14-27-21(22-16)23-20(25)19(15-9-5-3-6-10-15)28-17-11-7-4-8-12-17/h3-12,14,19H,2,13H2,1H3,(H,22,23,25). The van der Waals surface area contributed by atoms with Crippen LogP contribution in [0.3, 0.4) is 0 Å². The largest absolute Gasteiger partial charge is 0.466 e. The molecule has 1 aromatic heterocycles. The van der Waals surface area contributed by atoms with Gasteiger partial charge in [0.25, 0.3) is 0 Å². The van der Waals surface area contributed by atoms with Crippen molar-refractivity contribution in [2.75, 3.05) is 11.9 Å². The highest BCUT2D eigenvalue weighted by molar-refractivity contribution is 8.00. The van der Waals surface area contributed by atoms with Gasteiger partial charge in [-0.2, -0.15) is 0 Å². The van der Waals surface area contributed by atoms with Crippen molar-refractivity contribution in [3.05, 3.63) is 77.3 Å². The van der Waals surface area contributed by atoms with Crippen LogP contribution in [0.15, 0.2) is 70.9 Å². The molecule has 7 heteroatoms. The van der Waals surface area contributed by atoms with E-state index in [0.717, 1.165) is 10.5 Å². The van der Waals surface area contributed by atoms with E-state index in [2.05, 4.69) is 10.3 Å². The quantitative estimate of drug-likeness (QED) is 0.428. The number of esters is 1. The summed E-state index contributed by atoms with van der Waals surface area (Å²) in [4.78, 5) is 29.9. The van der Waals surface area contributed by atoms with Gasteiger partial charge in [0.05, 0.1) is 18.7 Å². The number of carbonyl (C=O) groups is 2. The minimum atomic E-state index is -0.416. The minimum absolute atomic E-state index is 0.0983. The molecule has 0 aliphatic carbocycles. The monoisotopic (exact) mass is 412 g/mol. The summed E-state index contributed by atoms with van der Waals surface area (Å²) in [5, 5.41) is 4.70. The van der Waals surface area contributed by atoms with Crippen molar-refractivity contribution in [3.8, 4) is 0 Å². The van der Waals surface area contributed by atoms with E-state index in [1.54, 1.807) is 12.3 Å². The van der Waals surface area contributed by atoms with Crippen molar-refractivity contribution in [1.82, 2.24) is 4.98 Å². The number of anilines is 1. The van der Waals surface area contributed by atoms with Gasteiger partial charge in [-0.15, -0.1) is 23.1 Å². The lowest BCUT2D eigenvalue weighted by Gasteiger charge is -2.16. The van der Waals surface area contributed by atoms with Crippen LogP contribution < -0.4 is 5.32 Å². The first-order valence-electron chi connectivity index (χ1n) is 8.83. The Hall–Kier alpha value is -2.64. The minimum Gasteiger partial charge on any atom is -0.466 e. The van der Waals surface area contributed by atoms with Crippen molar-refractivity contribution in [3.63, 3.8) is 0 Å². The molecule has 3 aromatic rings. The first kappa shape index (κ1) is 20.1. The highest BCUT2D eigenvalue weighted by Gasteiger charge is 2.23. The van der Waals surface area contributed by atoms with Crippen molar-refractivity contribution in [2.45, 2.75) is 23.5 Å². The fourth-order valence-corrected chi connectivity index (χ4v) is 4.27. The van der Waals surface area contributed by atoms with Gasteiger partial charge >= 0.3 is 5.97 Å². The average Bonchev–Trinajstić information content (AvgIpc) is 3.14. The number of ether oxygens (including phenoxy) is 1. The lowest BCUT2D eigenvalue weighted by atomic mass is 10.1. The second-order valence-electron chi connectivity index (χ2n) is 5.84. The molecular formula is C21H20N2O3S2. The molecule has 0 bridgehead atoms. The highest BCUT2D eigenvalue weighted by atomic mass is 32.2. The number of carbonyl (C=O) groups excluding carboxylic acids is 2. The summed E-state index contributed by atoms with van der Waals surface area (Å²) in [5.74, 6) is -0.482. The second kappa shape index (κ2) is 10.1. The summed E-state index contributed by atoms with van der Waals surface area (Å²) < 4.78 is 4.93. The third kappa shape index (κ3) is 5.68. The van der Waals surface area contributed by atoms with Gasteiger partial charge in [-0.05, 0) is 24.6 Å². The number of aromatic nitrogens is 1. The maximum Gasteiger partial charge on any atom is 0.311 e. The number of amides is 1. The Morgan fingerprint density at radius 3 is 2.46 bits per heavy atom. The molecule has 5 nitrogen and oxygen atoms in total. The van der Waals surface area contributed by atoms with E-state index in [1.165, 1.54) is 23.1 Å². The predicted octanol–water partition coefficient (Wildman–Crippen LogP) is 4.72. The van der Waals surface area contributed by atoms with Crippen molar-refractivity contribution >= 4 is 40.1 Å². The first-order valence-corrected chi connectivity index (χ1v) is 10.6. The van der Waals surface area contributed by atoms with Crippen molar-refractivity contribution in [1.29, 1.82) is 0 Å². The molecule has 1 unspecified atom stereocenters. The van der Waals surface area contributed by atoms with Crippen LogP contribution in [0.4, 0.5) is 5.13 Å². The number of thioether (sulfide) groups is 1. The van der Waals surface area contributed by atoms with Gasteiger partial charge in [-0.25, -0.2) is 4.98 Å². The second-order valence-corrected chi connectivity index (χ2v) is 7.87. The van der Waals surface area contributed by atoms with Gasteiger partial charge in [-0.1, -0.05) is 48.5 Å². The van der Waals surface area contributed by atoms with Gasteiger partial charge < -0.3 is 10.1 Å². The van der Waals surface area contributed by atoms with Crippen molar-refractivity contribution in [2.24, 2.45) is 0 Å². The zero-order chi connectivity index (χ0) is 19.8. The fourth-order valence-electron chi connectivity index (χ4n) is 2.51. The maximum atomic E-state index is 13.0. The Morgan fingerprint density at radius 1 is 1.11 bits per heavy atom. The number of thiazole rings is 1. The molecule has 0 aliphatic heterocycles. The first-order chi connectivity index (χ1) is 13.7. The zero-order valence-corrected chi connectivity index (χ0v) is 17.0. The Bertz CT molecular complexity index is 914. The molecule has 144 valence electrons. The van der Waals surface area contributed by atoms with E-state index >= 15 is 0 Å². The third-order valence-corrected chi connectivity index (χ3v) is 5.82. The molecule has 1 N–H and O–H groups in total. The molecule has 3 rings (SSSR count). The summed E-state index contributed by atoms with van der Waals surface area (Å²) in [5.41, 5.74) is 1.50. The summed E-state index contributed by atoms with van der Waals surface area (Å²) in [6.45, 7) is 2.10. The Labute approximate surface area is 172 Å². The number of nitrogens with zero attached hydrogens (tertiary/aromatic N) is 1. The Morgan fingerprint density at radius 2 is 1.79 bits per heavy atom. The molecule has 0 aliphatic rings. The fraction of sp³-hybridized carbons (Fsp3) is 0.190. The van der Waals surface area contributed by atoms with E-state index in [1.807, 2.05) is 60.7 Å². The molecule has 0 spiro atoms. The topological polar surface area (TPSA) is 68.3 Å². The molecule has 0 saturated heterocycles. The van der Waals surface area contributed by atoms with Crippen LogP contribution in [0.5, 0.6) is 0 Å². The van der Waals surface area contributed by atoms with Crippen LogP contribution in [0, 0.1) is 0 Å². The SMILES string of the molecule is CCOC(=O)Cc1csc(NC(=O)C(Sc2ccccc2)c2ccccc2)n1. The summed E-state index contributed by atoms with van der Waals surface area (Å²) in [7, 11) is 0. The molecule has 0 radical (unpaired) electrons. The highest BCUT2D eigenvalue weighted by Crippen LogP contribution is 2.36. The summed E-state index contributed by atoms with van der Waals surface area (Å²) in [6, 6.07) is 19.4. The van der Waals surface area contributed by atoms with Crippen LogP contribution in [0.1, 0.15) is 23.4 Å². The number of nitrogens with one attached hydrogen (secondary N) is 1. The van der Waals surface area contributed by atoms with Crippen LogP contribution in [0.2, 0.25) is 0 Å². The van der Waals surface area contributed by atoms with Crippen LogP contribution >= 0.6 is 23.1 Å². The lowest BCUT2D eigenvalue weighted by molar-refractivity contribution is -0.142. The van der Waals surface area contributed by atoms with Gasteiger partial charge in [0.2, 0.25) is 5.91 Å². The van der Waals surface area contributed by atoms with Gasteiger partial charge in [0, 0.05) is 10.3 Å². The number of hydrogen-bond donors (Lipinski definition) is 1. The maximum absolute atomic E-state index is 13.0.